The van der Waals surface area contributed by atoms with E-state index in [0.29, 0.717) is 19.1 Å². The summed E-state index contributed by atoms with van der Waals surface area (Å²) >= 11 is 0. The summed E-state index contributed by atoms with van der Waals surface area (Å²) in [7, 11) is 0. The Bertz CT molecular complexity index is 359. The molecule has 2 saturated heterocycles. The van der Waals surface area contributed by atoms with E-state index in [1.807, 2.05) is 27.7 Å². The summed E-state index contributed by atoms with van der Waals surface area (Å²) in [6.07, 6.45) is 2.78. The summed E-state index contributed by atoms with van der Waals surface area (Å²) in [6.45, 7) is 11.6. The van der Waals surface area contributed by atoms with Gasteiger partial charge in [-0.15, -0.1) is 0 Å². The molecule has 3 rings (SSSR count). The van der Waals surface area contributed by atoms with Crippen LogP contribution in [0.1, 0.15) is 47.5 Å². The maximum absolute atomic E-state index is 6.09. The highest BCUT2D eigenvalue weighted by Crippen LogP contribution is 2.59. The zero-order chi connectivity index (χ0) is 13.9. The van der Waals surface area contributed by atoms with E-state index < -0.39 is 11.6 Å². The minimum Gasteiger partial charge on any atom is -0.348 e. The predicted molar refractivity (Wildman–Crippen MR) is 70.6 cm³/mol. The Morgan fingerprint density at radius 2 is 1.47 bits per heavy atom. The van der Waals surface area contributed by atoms with Crippen molar-refractivity contribution in [2.75, 3.05) is 13.2 Å². The fourth-order valence-corrected chi connectivity index (χ4v) is 3.52. The van der Waals surface area contributed by atoms with Crippen molar-refractivity contribution in [2.45, 2.75) is 71.2 Å². The van der Waals surface area contributed by atoms with Gasteiger partial charge in [0.2, 0.25) is 0 Å². The average Bonchev–Trinajstić information content (AvgIpc) is 2.92. The standard InChI is InChI=1S/C15H26O4/c1-10(11-8-16-13(2,3)18-11)15(6-7-15)12-9-17-14(4,5)19-12/h10-12H,6-9H2,1-5H3/t10-,11-,12-/m1/s1. The van der Waals surface area contributed by atoms with Crippen LogP contribution in [0.5, 0.6) is 0 Å². The fraction of sp³-hybridized carbons (Fsp3) is 1.00. The van der Waals surface area contributed by atoms with E-state index in [1.165, 1.54) is 12.8 Å². The molecule has 19 heavy (non-hydrogen) atoms. The van der Waals surface area contributed by atoms with Gasteiger partial charge in [-0.3, -0.25) is 0 Å². The van der Waals surface area contributed by atoms with Gasteiger partial charge in [0.25, 0.3) is 0 Å². The molecule has 3 aliphatic rings. The summed E-state index contributed by atoms with van der Waals surface area (Å²) in [4.78, 5) is 0. The average molecular weight is 270 g/mol. The minimum atomic E-state index is -0.443. The van der Waals surface area contributed by atoms with E-state index in [9.17, 15) is 0 Å². The molecule has 0 bridgehead atoms. The van der Waals surface area contributed by atoms with Gasteiger partial charge in [-0.2, -0.15) is 0 Å². The van der Waals surface area contributed by atoms with Gasteiger partial charge in [0.05, 0.1) is 25.4 Å². The third-order valence-electron chi connectivity index (χ3n) is 4.97. The summed E-state index contributed by atoms with van der Waals surface area (Å²) in [6, 6.07) is 0. The van der Waals surface area contributed by atoms with Crippen LogP contribution in [-0.2, 0) is 18.9 Å². The van der Waals surface area contributed by atoms with Crippen LogP contribution in [-0.4, -0.2) is 37.0 Å². The van der Waals surface area contributed by atoms with Gasteiger partial charge in [-0.25, -0.2) is 0 Å². The quantitative estimate of drug-likeness (QED) is 0.790. The second-order valence-corrected chi connectivity index (χ2v) is 7.21. The molecule has 2 aliphatic heterocycles. The van der Waals surface area contributed by atoms with Gasteiger partial charge in [0, 0.05) is 5.41 Å². The molecule has 1 aliphatic carbocycles. The minimum absolute atomic E-state index is 0.171. The van der Waals surface area contributed by atoms with Crippen LogP contribution >= 0.6 is 0 Å². The molecule has 1 saturated carbocycles. The molecular weight excluding hydrogens is 244 g/mol. The highest BCUT2D eigenvalue weighted by Gasteiger charge is 2.60. The second kappa shape index (κ2) is 4.17. The van der Waals surface area contributed by atoms with Crippen molar-refractivity contribution >= 4 is 0 Å². The first kappa shape index (κ1) is 13.8. The monoisotopic (exact) mass is 270 g/mol. The normalized spacial score (nSPS) is 40.3. The first-order chi connectivity index (χ1) is 8.74. The topological polar surface area (TPSA) is 36.9 Å². The number of hydrogen-bond donors (Lipinski definition) is 0. The number of ether oxygens (including phenoxy) is 4. The molecule has 0 radical (unpaired) electrons. The smallest absolute Gasteiger partial charge is 0.163 e. The van der Waals surface area contributed by atoms with E-state index in [-0.39, 0.29) is 17.6 Å². The van der Waals surface area contributed by atoms with Gasteiger partial charge in [0.1, 0.15) is 0 Å². The van der Waals surface area contributed by atoms with Gasteiger partial charge < -0.3 is 18.9 Å². The fourth-order valence-electron chi connectivity index (χ4n) is 3.52. The number of rotatable bonds is 3. The molecule has 110 valence electrons. The van der Waals surface area contributed by atoms with Crippen molar-refractivity contribution in [1.82, 2.24) is 0 Å². The van der Waals surface area contributed by atoms with E-state index in [2.05, 4.69) is 6.92 Å². The molecule has 0 aromatic rings. The maximum atomic E-state index is 6.09. The van der Waals surface area contributed by atoms with E-state index >= 15 is 0 Å². The molecule has 0 N–H and O–H groups in total. The third kappa shape index (κ3) is 2.44. The lowest BCUT2D eigenvalue weighted by Crippen LogP contribution is -2.39. The first-order valence-electron chi connectivity index (χ1n) is 7.38. The Labute approximate surface area is 115 Å². The Morgan fingerprint density at radius 3 is 1.89 bits per heavy atom. The molecule has 2 heterocycles. The molecule has 4 nitrogen and oxygen atoms in total. The first-order valence-corrected chi connectivity index (χ1v) is 7.38. The number of hydrogen-bond acceptors (Lipinski definition) is 4. The molecule has 0 spiro atoms. The van der Waals surface area contributed by atoms with Crippen molar-refractivity contribution in [2.24, 2.45) is 11.3 Å². The van der Waals surface area contributed by atoms with E-state index in [0.717, 1.165) is 0 Å². The van der Waals surface area contributed by atoms with Gasteiger partial charge in [-0.1, -0.05) is 6.92 Å². The second-order valence-electron chi connectivity index (χ2n) is 7.21. The molecule has 0 aromatic heterocycles. The van der Waals surface area contributed by atoms with Gasteiger partial charge in [-0.05, 0) is 46.5 Å². The zero-order valence-electron chi connectivity index (χ0n) is 12.7. The molecule has 0 unspecified atom stereocenters. The highest BCUT2D eigenvalue weighted by molar-refractivity contribution is 5.07. The maximum Gasteiger partial charge on any atom is 0.163 e. The van der Waals surface area contributed by atoms with Crippen LogP contribution in [0.3, 0.4) is 0 Å². The largest absolute Gasteiger partial charge is 0.348 e. The lowest BCUT2D eigenvalue weighted by molar-refractivity contribution is -0.163. The van der Waals surface area contributed by atoms with Crippen molar-refractivity contribution in [3.63, 3.8) is 0 Å². The van der Waals surface area contributed by atoms with E-state index in [4.69, 9.17) is 18.9 Å². The third-order valence-corrected chi connectivity index (χ3v) is 4.97. The zero-order valence-corrected chi connectivity index (χ0v) is 12.7. The molecule has 0 aromatic carbocycles. The molecule has 4 heteroatoms. The molecule has 3 atom stereocenters. The summed E-state index contributed by atoms with van der Waals surface area (Å²) in [5.41, 5.74) is 0.224. The van der Waals surface area contributed by atoms with E-state index in [1.54, 1.807) is 0 Å². The van der Waals surface area contributed by atoms with Crippen LogP contribution in [0, 0.1) is 11.3 Å². The Kier molecular flexibility index (Phi) is 3.03. The summed E-state index contributed by atoms with van der Waals surface area (Å²) in [5, 5.41) is 0. The van der Waals surface area contributed by atoms with Crippen molar-refractivity contribution in [3.8, 4) is 0 Å². The predicted octanol–water partition coefficient (Wildman–Crippen LogP) is 2.71. The lowest BCUT2D eigenvalue weighted by atomic mass is 9.82. The summed E-state index contributed by atoms with van der Waals surface area (Å²) < 4.78 is 23.6. The van der Waals surface area contributed by atoms with Crippen molar-refractivity contribution in [1.29, 1.82) is 0 Å². The van der Waals surface area contributed by atoms with Crippen LogP contribution in [0.2, 0.25) is 0 Å². The van der Waals surface area contributed by atoms with Crippen LogP contribution in [0.4, 0.5) is 0 Å². The Hall–Kier alpha value is -0.160. The van der Waals surface area contributed by atoms with Gasteiger partial charge in [0.15, 0.2) is 11.6 Å². The molecule has 3 fully saturated rings. The van der Waals surface area contributed by atoms with Crippen LogP contribution < -0.4 is 0 Å². The van der Waals surface area contributed by atoms with Crippen LogP contribution in [0.25, 0.3) is 0 Å². The highest BCUT2D eigenvalue weighted by atomic mass is 16.7. The van der Waals surface area contributed by atoms with Gasteiger partial charge >= 0.3 is 0 Å². The summed E-state index contributed by atoms with van der Waals surface area (Å²) in [5.74, 6) is -0.440. The van der Waals surface area contributed by atoms with Crippen molar-refractivity contribution < 1.29 is 18.9 Å². The lowest BCUT2D eigenvalue weighted by Gasteiger charge is -2.32. The molecular formula is C15H26O4. The Balaban J connectivity index is 1.68. The molecule has 0 amide bonds. The van der Waals surface area contributed by atoms with Crippen LogP contribution in [0.15, 0.2) is 0 Å². The Morgan fingerprint density at radius 1 is 0.895 bits per heavy atom. The van der Waals surface area contributed by atoms with Crippen molar-refractivity contribution in [3.05, 3.63) is 0 Å². The SMILES string of the molecule is C[C@H]([C@H]1COC(C)(C)O1)C1([C@H]2COC(C)(C)O2)CC1.